The summed E-state index contributed by atoms with van der Waals surface area (Å²) in [4.78, 5) is 17.5. The van der Waals surface area contributed by atoms with Crippen LogP contribution in [0.2, 0.25) is 0 Å². The molecule has 3 aliphatic rings. The van der Waals surface area contributed by atoms with Crippen LogP contribution in [-0.4, -0.2) is 46.2 Å². The molecule has 1 N–H and O–H groups in total. The molecule has 0 radical (unpaired) electrons. The quantitative estimate of drug-likeness (QED) is 0.659. The van der Waals surface area contributed by atoms with Crippen molar-refractivity contribution in [3.05, 3.63) is 30.0 Å². The highest BCUT2D eigenvalue weighted by molar-refractivity contribution is 7.17. The van der Waals surface area contributed by atoms with Gasteiger partial charge in [0, 0.05) is 46.9 Å². The number of piperidine rings is 1. The zero-order valence-corrected chi connectivity index (χ0v) is 18.1. The van der Waals surface area contributed by atoms with Crippen LogP contribution in [0.15, 0.2) is 30.0 Å². The zero-order chi connectivity index (χ0) is 20.1. The van der Waals surface area contributed by atoms with E-state index in [0.717, 1.165) is 33.2 Å². The molecule has 2 atom stereocenters. The second kappa shape index (κ2) is 7.46. The monoisotopic (exact) mass is 421 g/mol. The number of thiophene rings is 1. The number of ether oxygens (including phenoxy) is 1. The first-order valence-electron chi connectivity index (χ1n) is 11.1. The molecule has 2 saturated heterocycles. The third kappa shape index (κ3) is 2.98. The lowest BCUT2D eigenvalue weighted by Crippen LogP contribution is -2.52. The number of hydrogen-bond donors (Lipinski definition) is 1. The Balaban J connectivity index is 1.38. The number of rotatable bonds is 5. The number of fused-ring (bicyclic) bond motifs is 3. The number of pyridine rings is 1. The summed E-state index contributed by atoms with van der Waals surface area (Å²) in [5.74, 6) is 1.75. The van der Waals surface area contributed by atoms with Crippen LogP contribution in [0.25, 0.3) is 21.3 Å². The molecule has 1 aliphatic carbocycles. The van der Waals surface area contributed by atoms with E-state index in [1.54, 1.807) is 31.0 Å². The first-order valence-corrected chi connectivity index (χ1v) is 12.0. The predicted octanol–water partition coefficient (Wildman–Crippen LogP) is 4.40. The van der Waals surface area contributed by atoms with Gasteiger partial charge in [0.2, 0.25) is 5.88 Å². The lowest BCUT2D eigenvalue weighted by Gasteiger charge is -2.42. The van der Waals surface area contributed by atoms with Crippen LogP contribution in [0.4, 0.5) is 5.82 Å². The lowest BCUT2D eigenvalue weighted by atomic mass is 9.89. The molecule has 6 rings (SSSR count). The average Bonchev–Trinajstić information content (AvgIpc) is 3.29. The minimum absolute atomic E-state index is 0.558. The van der Waals surface area contributed by atoms with Gasteiger partial charge in [0.15, 0.2) is 0 Å². The molecule has 0 amide bonds. The molecule has 2 unspecified atom stereocenters. The normalized spacial score (nSPS) is 26.2. The standard InChI is InChI=1S/C23H27N5OS/c1-29-22-18(6-3-9-24-22)19-12-30-23-20(19)21(25-13-26-23)28-16-7-8-17(28)11-15(10-16)27-14-4-2-5-14/h3,6,9,12-17,27H,2,4-5,7-8,10-11H2,1H3. The number of nitrogens with one attached hydrogen (secondary N) is 1. The van der Waals surface area contributed by atoms with Crippen molar-refractivity contribution in [2.45, 2.75) is 69.1 Å². The Morgan fingerprint density at radius 2 is 1.87 bits per heavy atom. The molecule has 2 aliphatic heterocycles. The van der Waals surface area contributed by atoms with Crippen LogP contribution in [0.3, 0.4) is 0 Å². The van der Waals surface area contributed by atoms with Crippen molar-refractivity contribution < 1.29 is 4.74 Å². The van der Waals surface area contributed by atoms with Crippen molar-refractivity contribution in [3.63, 3.8) is 0 Å². The third-order valence-corrected chi connectivity index (χ3v) is 8.05. The molecular weight excluding hydrogens is 394 g/mol. The lowest BCUT2D eigenvalue weighted by molar-refractivity contribution is 0.260. The Hall–Kier alpha value is -2.25. The SMILES string of the molecule is COc1ncccc1-c1csc2ncnc(N3C4CCC3CC(NC3CCC3)C4)c12. The minimum atomic E-state index is 0.558. The summed E-state index contributed by atoms with van der Waals surface area (Å²) in [6.45, 7) is 0. The fourth-order valence-electron chi connectivity index (χ4n) is 5.58. The van der Waals surface area contributed by atoms with Gasteiger partial charge in [-0.25, -0.2) is 15.0 Å². The molecule has 3 aromatic rings. The maximum Gasteiger partial charge on any atom is 0.221 e. The van der Waals surface area contributed by atoms with Crippen LogP contribution in [0, 0.1) is 0 Å². The van der Waals surface area contributed by atoms with E-state index >= 15 is 0 Å². The van der Waals surface area contributed by atoms with E-state index in [-0.39, 0.29) is 0 Å². The molecule has 2 bridgehead atoms. The highest BCUT2D eigenvalue weighted by Crippen LogP contribution is 2.46. The summed E-state index contributed by atoms with van der Waals surface area (Å²) in [5.41, 5.74) is 2.14. The first-order chi connectivity index (χ1) is 14.8. The average molecular weight is 422 g/mol. The predicted molar refractivity (Wildman–Crippen MR) is 120 cm³/mol. The van der Waals surface area contributed by atoms with Crippen LogP contribution in [0.5, 0.6) is 5.88 Å². The maximum absolute atomic E-state index is 5.56. The van der Waals surface area contributed by atoms with E-state index in [4.69, 9.17) is 9.72 Å². The fourth-order valence-corrected chi connectivity index (χ4v) is 6.48. The minimum Gasteiger partial charge on any atom is -0.481 e. The van der Waals surface area contributed by atoms with Gasteiger partial charge in [0.05, 0.1) is 12.5 Å². The van der Waals surface area contributed by atoms with Crippen molar-refractivity contribution >= 4 is 27.4 Å². The van der Waals surface area contributed by atoms with Gasteiger partial charge in [-0.05, 0) is 50.7 Å². The van der Waals surface area contributed by atoms with E-state index in [9.17, 15) is 0 Å². The van der Waals surface area contributed by atoms with Crippen LogP contribution >= 0.6 is 11.3 Å². The van der Waals surface area contributed by atoms with Gasteiger partial charge in [0.25, 0.3) is 0 Å². The van der Waals surface area contributed by atoms with Gasteiger partial charge in [-0.2, -0.15) is 0 Å². The molecule has 0 spiro atoms. The summed E-state index contributed by atoms with van der Waals surface area (Å²) in [5, 5.41) is 7.26. The molecule has 6 nitrogen and oxygen atoms in total. The first kappa shape index (κ1) is 18.5. The van der Waals surface area contributed by atoms with E-state index in [2.05, 4.69) is 31.6 Å². The van der Waals surface area contributed by atoms with Crippen molar-refractivity contribution in [2.75, 3.05) is 12.0 Å². The van der Waals surface area contributed by atoms with Crippen molar-refractivity contribution in [3.8, 4) is 17.0 Å². The van der Waals surface area contributed by atoms with Crippen molar-refractivity contribution in [1.82, 2.24) is 20.3 Å². The molecule has 0 aromatic carbocycles. The van der Waals surface area contributed by atoms with Gasteiger partial charge in [0.1, 0.15) is 17.0 Å². The van der Waals surface area contributed by atoms with Crippen molar-refractivity contribution in [1.29, 1.82) is 0 Å². The largest absolute Gasteiger partial charge is 0.481 e. The highest BCUT2D eigenvalue weighted by atomic mass is 32.1. The third-order valence-electron chi connectivity index (χ3n) is 7.16. The van der Waals surface area contributed by atoms with Gasteiger partial charge >= 0.3 is 0 Å². The summed E-state index contributed by atoms with van der Waals surface area (Å²) in [6.07, 6.45) is 12.6. The van der Waals surface area contributed by atoms with Crippen LogP contribution in [0.1, 0.15) is 44.9 Å². The summed E-state index contributed by atoms with van der Waals surface area (Å²) < 4.78 is 5.56. The molecule has 156 valence electrons. The van der Waals surface area contributed by atoms with Crippen molar-refractivity contribution in [2.24, 2.45) is 0 Å². The highest BCUT2D eigenvalue weighted by Gasteiger charge is 2.43. The molecule has 3 aromatic heterocycles. The Morgan fingerprint density at radius 3 is 2.60 bits per heavy atom. The molecule has 1 saturated carbocycles. The van der Waals surface area contributed by atoms with E-state index < -0.39 is 0 Å². The number of hydrogen-bond acceptors (Lipinski definition) is 7. The molecule has 5 heterocycles. The fraction of sp³-hybridized carbons (Fsp3) is 0.522. The van der Waals surface area contributed by atoms with E-state index in [1.165, 1.54) is 44.9 Å². The number of aromatic nitrogens is 3. The topological polar surface area (TPSA) is 63.2 Å². The smallest absolute Gasteiger partial charge is 0.221 e. The summed E-state index contributed by atoms with van der Waals surface area (Å²) in [7, 11) is 1.68. The maximum atomic E-state index is 5.56. The van der Waals surface area contributed by atoms with E-state index in [1.807, 2.05) is 6.07 Å². The molecule has 3 fully saturated rings. The number of anilines is 1. The Morgan fingerprint density at radius 1 is 1.03 bits per heavy atom. The van der Waals surface area contributed by atoms with Gasteiger partial charge in [-0.15, -0.1) is 11.3 Å². The Bertz CT molecular complexity index is 1050. The van der Waals surface area contributed by atoms with Gasteiger partial charge in [-0.3, -0.25) is 0 Å². The Labute approximate surface area is 180 Å². The molecular formula is C23H27N5OS. The van der Waals surface area contributed by atoms with Crippen LogP contribution in [-0.2, 0) is 0 Å². The second-order valence-corrected chi connectivity index (χ2v) is 9.70. The Kier molecular flexibility index (Phi) is 4.61. The number of nitrogens with zero attached hydrogens (tertiary/aromatic N) is 4. The molecule has 7 heteroatoms. The van der Waals surface area contributed by atoms with Crippen LogP contribution < -0.4 is 15.0 Å². The summed E-state index contributed by atoms with van der Waals surface area (Å²) in [6, 6.07) is 6.57. The van der Waals surface area contributed by atoms with E-state index in [0.29, 0.717) is 24.0 Å². The number of methoxy groups -OCH3 is 1. The summed E-state index contributed by atoms with van der Waals surface area (Å²) >= 11 is 1.68. The van der Waals surface area contributed by atoms with Gasteiger partial charge < -0.3 is 15.0 Å². The molecule has 30 heavy (non-hydrogen) atoms. The second-order valence-electron chi connectivity index (χ2n) is 8.84. The van der Waals surface area contributed by atoms with Gasteiger partial charge in [-0.1, -0.05) is 6.42 Å². The zero-order valence-electron chi connectivity index (χ0n) is 17.3.